The average molecular weight is 300 g/mol. The van der Waals surface area contributed by atoms with Crippen molar-refractivity contribution in [3.8, 4) is 11.8 Å². The van der Waals surface area contributed by atoms with E-state index in [1.807, 2.05) is 30.3 Å². The first-order valence-corrected chi connectivity index (χ1v) is 7.39. The van der Waals surface area contributed by atoms with Crippen molar-refractivity contribution in [2.75, 3.05) is 7.11 Å². The number of methoxy groups -OCH3 is 1. The Bertz CT molecular complexity index is 619. The second-order valence-corrected chi connectivity index (χ2v) is 5.38. The number of nitrogens with zero attached hydrogens (tertiary/aromatic N) is 1. The molecule has 21 heavy (non-hydrogen) atoms. The molecule has 3 heteroatoms. The second-order valence-electron chi connectivity index (χ2n) is 4.95. The molecule has 0 aromatic heterocycles. The molecule has 0 aliphatic rings. The molecule has 0 saturated heterocycles. The summed E-state index contributed by atoms with van der Waals surface area (Å²) >= 11 is 6.04. The molecule has 108 valence electrons. The summed E-state index contributed by atoms with van der Waals surface area (Å²) in [4.78, 5) is 0. The fraction of sp³-hybridized carbons (Fsp3) is 0.278. The van der Waals surface area contributed by atoms with Crippen LogP contribution in [0.4, 0.5) is 0 Å². The van der Waals surface area contributed by atoms with Crippen LogP contribution in [0.3, 0.4) is 0 Å². The van der Waals surface area contributed by atoms with Crippen molar-refractivity contribution in [2.24, 2.45) is 0 Å². The summed E-state index contributed by atoms with van der Waals surface area (Å²) < 4.78 is 5.34. The fourth-order valence-electron chi connectivity index (χ4n) is 2.42. The van der Waals surface area contributed by atoms with Crippen molar-refractivity contribution in [1.82, 2.24) is 0 Å². The summed E-state index contributed by atoms with van der Waals surface area (Å²) in [7, 11) is 1.62. The summed E-state index contributed by atoms with van der Waals surface area (Å²) in [6.45, 7) is 0. The Kier molecular flexibility index (Phi) is 5.66. The van der Waals surface area contributed by atoms with Crippen LogP contribution in [0.2, 0.25) is 5.02 Å². The molecule has 0 aliphatic heterocycles. The van der Waals surface area contributed by atoms with Gasteiger partial charge in [-0.25, -0.2) is 0 Å². The number of aryl methyl sites for hydroxylation is 1. The zero-order chi connectivity index (χ0) is 15.1. The number of hydrogen-bond acceptors (Lipinski definition) is 2. The van der Waals surface area contributed by atoms with E-state index in [1.54, 1.807) is 13.2 Å². The van der Waals surface area contributed by atoms with Crippen molar-refractivity contribution >= 4 is 11.6 Å². The number of halogens is 1. The third-order valence-corrected chi connectivity index (χ3v) is 3.76. The Morgan fingerprint density at radius 1 is 1.19 bits per heavy atom. The topological polar surface area (TPSA) is 33.0 Å². The molecule has 2 rings (SSSR count). The van der Waals surface area contributed by atoms with E-state index in [0.717, 1.165) is 30.6 Å². The maximum atomic E-state index is 9.44. The van der Waals surface area contributed by atoms with Gasteiger partial charge in [-0.3, -0.25) is 0 Å². The third-order valence-electron chi connectivity index (χ3n) is 3.52. The zero-order valence-electron chi connectivity index (χ0n) is 12.1. The highest BCUT2D eigenvalue weighted by Gasteiger charge is 2.16. The lowest BCUT2D eigenvalue weighted by molar-refractivity contribution is 0.407. The molecule has 2 aromatic carbocycles. The van der Waals surface area contributed by atoms with Crippen LogP contribution in [0.5, 0.6) is 5.75 Å². The predicted octanol–water partition coefficient (Wildman–Crippen LogP) is 4.98. The SMILES string of the molecule is COc1ccc(Cl)cc1C(C#N)CCCc1ccccc1. The Morgan fingerprint density at radius 3 is 2.62 bits per heavy atom. The summed E-state index contributed by atoms with van der Waals surface area (Å²) in [5.74, 6) is 0.535. The number of rotatable bonds is 6. The summed E-state index contributed by atoms with van der Waals surface area (Å²) in [6.07, 6.45) is 2.72. The molecule has 0 saturated carbocycles. The first kappa shape index (κ1) is 15.4. The first-order valence-electron chi connectivity index (χ1n) is 7.01. The summed E-state index contributed by atoms with van der Waals surface area (Å²) in [5.41, 5.74) is 2.17. The molecule has 1 atom stereocenters. The van der Waals surface area contributed by atoms with Crippen LogP contribution in [-0.4, -0.2) is 7.11 Å². The van der Waals surface area contributed by atoms with Crippen LogP contribution in [0, 0.1) is 11.3 Å². The minimum Gasteiger partial charge on any atom is -0.496 e. The normalized spacial score (nSPS) is 11.7. The zero-order valence-corrected chi connectivity index (χ0v) is 12.8. The Hall–Kier alpha value is -1.98. The van der Waals surface area contributed by atoms with Crippen LogP contribution >= 0.6 is 11.6 Å². The van der Waals surface area contributed by atoms with Gasteiger partial charge >= 0.3 is 0 Å². The molecule has 0 fully saturated rings. The second kappa shape index (κ2) is 7.71. The summed E-state index contributed by atoms with van der Waals surface area (Å²) in [6, 6.07) is 18.1. The lowest BCUT2D eigenvalue weighted by Crippen LogP contribution is -2.00. The molecule has 2 aromatic rings. The van der Waals surface area contributed by atoms with Crippen molar-refractivity contribution in [1.29, 1.82) is 5.26 Å². The van der Waals surface area contributed by atoms with Crippen LogP contribution in [0.15, 0.2) is 48.5 Å². The Labute approximate surface area is 130 Å². The number of hydrogen-bond donors (Lipinski definition) is 0. The van der Waals surface area contributed by atoms with Gasteiger partial charge in [0.15, 0.2) is 0 Å². The molecule has 0 amide bonds. The van der Waals surface area contributed by atoms with Crippen molar-refractivity contribution < 1.29 is 4.74 Å². The molecular weight excluding hydrogens is 282 g/mol. The summed E-state index contributed by atoms with van der Waals surface area (Å²) in [5, 5.41) is 10.1. The Morgan fingerprint density at radius 2 is 1.95 bits per heavy atom. The van der Waals surface area contributed by atoms with Crippen molar-refractivity contribution in [3.05, 3.63) is 64.7 Å². The number of ether oxygens (including phenoxy) is 1. The van der Waals surface area contributed by atoms with E-state index in [1.165, 1.54) is 5.56 Å². The molecule has 0 N–H and O–H groups in total. The molecule has 2 nitrogen and oxygen atoms in total. The molecule has 0 aliphatic carbocycles. The van der Waals surface area contributed by atoms with E-state index in [0.29, 0.717) is 5.02 Å². The van der Waals surface area contributed by atoms with Gasteiger partial charge in [0.2, 0.25) is 0 Å². The molecule has 0 spiro atoms. The van der Waals surface area contributed by atoms with Gasteiger partial charge in [0.05, 0.1) is 19.1 Å². The minimum absolute atomic E-state index is 0.192. The van der Waals surface area contributed by atoms with Gasteiger partial charge in [0.1, 0.15) is 5.75 Å². The van der Waals surface area contributed by atoms with Gasteiger partial charge in [-0.15, -0.1) is 0 Å². The highest BCUT2D eigenvalue weighted by Crippen LogP contribution is 2.32. The number of benzene rings is 2. The molecule has 1 unspecified atom stereocenters. The maximum absolute atomic E-state index is 9.44. The van der Waals surface area contributed by atoms with Crippen LogP contribution < -0.4 is 4.74 Å². The minimum atomic E-state index is -0.192. The van der Waals surface area contributed by atoms with Gasteiger partial charge in [-0.05, 0) is 43.0 Å². The largest absolute Gasteiger partial charge is 0.496 e. The van der Waals surface area contributed by atoms with E-state index in [-0.39, 0.29) is 5.92 Å². The van der Waals surface area contributed by atoms with Crippen molar-refractivity contribution in [2.45, 2.75) is 25.2 Å². The molecule has 0 radical (unpaired) electrons. The quantitative estimate of drug-likeness (QED) is 0.753. The highest BCUT2D eigenvalue weighted by atomic mass is 35.5. The molecular formula is C18H18ClNO. The number of nitriles is 1. The highest BCUT2D eigenvalue weighted by molar-refractivity contribution is 6.30. The average Bonchev–Trinajstić information content (AvgIpc) is 2.52. The van der Waals surface area contributed by atoms with Crippen LogP contribution in [0.1, 0.15) is 29.9 Å². The van der Waals surface area contributed by atoms with Gasteiger partial charge in [-0.2, -0.15) is 5.26 Å². The van der Waals surface area contributed by atoms with E-state index < -0.39 is 0 Å². The Balaban J connectivity index is 2.03. The van der Waals surface area contributed by atoms with Crippen molar-refractivity contribution in [3.63, 3.8) is 0 Å². The van der Waals surface area contributed by atoms with E-state index in [2.05, 4.69) is 18.2 Å². The van der Waals surface area contributed by atoms with Gasteiger partial charge < -0.3 is 4.74 Å². The van der Waals surface area contributed by atoms with Crippen LogP contribution in [0.25, 0.3) is 0 Å². The van der Waals surface area contributed by atoms with E-state index >= 15 is 0 Å². The fourth-order valence-corrected chi connectivity index (χ4v) is 2.60. The predicted molar refractivity (Wildman–Crippen MR) is 85.7 cm³/mol. The lowest BCUT2D eigenvalue weighted by atomic mass is 9.93. The molecule has 0 heterocycles. The first-order chi connectivity index (χ1) is 10.2. The van der Waals surface area contributed by atoms with E-state index in [9.17, 15) is 5.26 Å². The lowest BCUT2D eigenvalue weighted by Gasteiger charge is -2.14. The van der Waals surface area contributed by atoms with Crippen LogP contribution in [-0.2, 0) is 6.42 Å². The maximum Gasteiger partial charge on any atom is 0.123 e. The van der Waals surface area contributed by atoms with E-state index in [4.69, 9.17) is 16.3 Å². The molecule has 0 bridgehead atoms. The monoisotopic (exact) mass is 299 g/mol. The third kappa shape index (κ3) is 4.24. The standard InChI is InChI=1S/C18H18ClNO/c1-21-18-11-10-16(19)12-17(18)15(13-20)9-5-8-14-6-3-2-4-7-14/h2-4,6-7,10-12,15H,5,8-9H2,1H3. The van der Waals surface area contributed by atoms with Gasteiger partial charge in [-0.1, -0.05) is 41.9 Å². The van der Waals surface area contributed by atoms with Gasteiger partial charge in [0, 0.05) is 10.6 Å². The van der Waals surface area contributed by atoms with Gasteiger partial charge in [0.25, 0.3) is 0 Å². The smallest absolute Gasteiger partial charge is 0.123 e.